The Morgan fingerprint density at radius 3 is 2.50 bits per heavy atom. The van der Waals surface area contributed by atoms with Gasteiger partial charge in [-0.05, 0) is 25.3 Å². The zero-order valence-electron chi connectivity index (χ0n) is 16.4. The smallest absolute Gasteiger partial charge is 0.306 e. The molecule has 7 aliphatic rings. The number of esters is 1. The van der Waals surface area contributed by atoms with Crippen LogP contribution in [0.15, 0.2) is 11.6 Å². The minimum atomic E-state index is -2.23. The van der Waals surface area contributed by atoms with Crippen LogP contribution in [-0.2, 0) is 23.9 Å². The molecule has 0 aromatic heterocycles. The molecule has 1 spiro atoms. The van der Waals surface area contributed by atoms with Crippen molar-refractivity contribution in [1.29, 1.82) is 0 Å². The quantitative estimate of drug-likeness (QED) is 0.649. The van der Waals surface area contributed by atoms with E-state index in [9.17, 15) is 24.6 Å². The lowest BCUT2D eigenvalue weighted by Gasteiger charge is -2.79. The molecule has 0 amide bonds. The van der Waals surface area contributed by atoms with E-state index in [1.165, 1.54) is 6.08 Å². The van der Waals surface area contributed by atoms with E-state index in [0.29, 0.717) is 6.42 Å². The highest BCUT2D eigenvalue weighted by Crippen LogP contribution is 2.95. The van der Waals surface area contributed by atoms with E-state index in [1.54, 1.807) is 21.0 Å². The molecule has 1 aliphatic heterocycles. The molecule has 0 unspecified atom stereocenters. The molecule has 0 radical (unpaired) electrons. The van der Waals surface area contributed by atoms with Gasteiger partial charge in [0.1, 0.15) is 6.10 Å². The second-order valence-electron chi connectivity index (χ2n) is 10.2. The average Bonchev–Trinajstić information content (AvgIpc) is 2.79. The van der Waals surface area contributed by atoms with E-state index >= 15 is 0 Å². The zero-order valence-corrected chi connectivity index (χ0v) is 16.4. The molecule has 6 aliphatic carbocycles. The van der Waals surface area contributed by atoms with Gasteiger partial charge >= 0.3 is 5.97 Å². The molecule has 6 fully saturated rings. The summed E-state index contributed by atoms with van der Waals surface area (Å²) in [6.07, 6.45) is 1.27. The van der Waals surface area contributed by atoms with Crippen molar-refractivity contribution in [2.45, 2.75) is 50.9 Å². The van der Waals surface area contributed by atoms with Crippen LogP contribution >= 0.6 is 0 Å². The van der Waals surface area contributed by atoms with E-state index < -0.39 is 62.4 Å². The first-order chi connectivity index (χ1) is 13.0. The third-order valence-corrected chi connectivity index (χ3v) is 10.4. The lowest BCUT2D eigenvalue weighted by Crippen LogP contribution is -2.84. The number of rotatable bonds is 2. The van der Waals surface area contributed by atoms with Crippen LogP contribution in [0.2, 0.25) is 0 Å². The number of ketones is 2. The van der Waals surface area contributed by atoms with Crippen molar-refractivity contribution in [3.05, 3.63) is 11.6 Å². The normalized spacial score (nSPS) is 62.4. The Labute approximate surface area is 162 Å². The number of carbonyl (C=O) groups excluding carboxylic acids is 3. The molecule has 7 rings (SSSR count). The molecule has 1 heterocycles. The summed E-state index contributed by atoms with van der Waals surface area (Å²) >= 11 is 0. The van der Waals surface area contributed by atoms with Gasteiger partial charge in [-0.25, -0.2) is 0 Å². The van der Waals surface area contributed by atoms with Crippen molar-refractivity contribution in [2.24, 2.45) is 33.5 Å². The predicted molar refractivity (Wildman–Crippen MR) is 92.7 cm³/mol. The standard InChI is InChI=1S/C21H24O7/c1-9-5-11(22)20(25)17(3)14-15(24)21(20,26)16(2)10-6-13(23)28-12(7-19(9,16)17)18(10,14)8-27-4/h5,10,12,14,25-26H,6-8H2,1-4H3/t10-,12+,14-,16-,17+,18+,19-,20+,21+/m0/s1. The highest BCUT2D eigenvalue weighted by atomic mass is 16.6. The molecule has 5 saturated carbocycles. The number of hydrogen-bond donors (Lipinski definition) is 2. The van der Waals surface area contributed by atoms with Gasteiger partial charge in [-0.3, -0.25) is 14.4 Å². The van der Waals surface area contributed by atoms with Crippen LogP contribution in [0, 0.1) is 33.5 Å². The van der Waals surface area contributed by atoms with Crippen molar-refractivity contribution in [2.75, 3.05) is 13.7 Å². The molecule has 9 atom stereocenters. The molecule has 150 valence electrons. The first-order valence-corrected chi connectivity index (χ1v) is 9.88. The van der Waals surface area contributed by atoms with Crippen molar-refractivity contribution >= 4 is 17.5 Å². The molecular weight excluding hydrogens is 364 g/mol. The number of Topliss-reactive ketones (excluding diaryl/α,β-unsaturated/α-hetero) is 1. The summed E-state index contributed by atoms with van der Waals surface area (Å²) in [5.41, 5.74) is -7.67. The van der Waals surface area contributed by atoms with Crippen molar-refractivity contribution < 1.29 is 34.1 Å². The van der Waals surface area contributed by atoms with Gasteiger partial charge in [0.2, 0.25) is 0 Å². The first-order valence-electron chi connectivity index (χ1n) is 9.88. The SMILES string of the molecule is COC[C@]12[C@H]3C(=O)[C@]4(O)[C@@]5(O)C(=O)C=C(C)[C@]6(C[C@H]1OC(=O)C[C@H]2[C@]46C)[C@@]35C. The third kappa shape index (κ3) is 0.989. The van der Waals surface area contributed by atoms with Crippen molar-refractivity contribution in [3.8, 4) is 0 Å². The Morgan fingerprint density at radius 2 is 1.86 bits per heavy atom. The number of carbonyl (C=O) groups is 3. The fraction of sp³-hybridized carbons (Fsp3) is 0.762. The Bertz CT molecular complexity index is 954. The maximum Gasteiger partial charge on any atom is 0.306 e. The maximum atomic E-state index is 13.8. The van der Waals surface area contributed by atoms with E-state index in [-0.39, 0.29) is 19.0 Å². The van der Waals surface area contributed by atoms with E-state index in [2.05, 4.69) is 0 Å². The molecule has 1 saturated heterocycles. The lowest BCUT2D eigenvalue weighted by molar-refractivity contribution is -0.342. The minimum Gasteiger partial charge on any atom is -0.462 e. The molecule has 28 heavy (non-hydrogen) atoms. The first kappa shape index (κ1) is 17.3. The molecule has 7 nitrogen and oxygen atoms in total. The number of methoxy groups -OCH3 is 1. The van der Waals surface area contributed by atoms with Crippen LogP contribution in [0.25, 0.3) is 0 Å². The van der Waals surface area contributed by atoms with E-state index in [0.717, 1.165) is 5.57 Å². The summed E-state index contributed by atoms with van der Waals surface area (Å²) in [4.78, 5) is 39.4. The summed E-state index contributed by atoms with van der Waals surface area (Å²) in [5.74, 6) is -2.71. The van der Waals surface area contributed by atoms with Crippen molar-refractivity contribution in [3.63, 3.8) is 0 Å². The number of ether oxygens (including phenoxy) is 2. The average molecular weight is 388 g/mol. The second kappa shape index (κ2) is 4.02. The summed E-state index contributed by atoms with van der Waals surface area (Å²) in [5, 5.41) is 23.9. The van der Waals surface area contributed by atoms with Gasteiger partial charge in [-0.1, -0.05) is 19.4 Å². The van der Waals surface area contributed by atoms with Crippen molar-refractivity contribution in [1.82, 2.24) is 0 Å². The summed E-state index contributed by atoms with van der Waals surface area (Å²) in [6, 6.07) is 0. The van der Waals surface area contributed by atoms with Gasteiger partial charge in [0.25, 0.3) is 0 Å². The lowest BCUT2D eigenvalue weighted by atomic mass is 9.24. The van der Waals surface area contributed by atoms with Gasteiger partial charge < -0.3 is 19.7 Å². The van der Waals surface area contributed by atoms with Gasteiger partial charge in [0.15, 0.2) is 22.8 Å². The van der Waals surface area contributed by atoms with Crippen LogP contribution < -0.4 is 0 Å². The Kier molecular flexibility index (Phi) is 2.49. The Morgan fingerprint density at radius 1 is 1.18 bits per heavy atom. The topological polar surface area (TPSA) is 110 Å². The number of allylic oxidation sites excluding steroid dienone is 1. The fourth-order valence-electron chi connectivity index (χ4n) is 9.93. The minimum absolute atomic E-state index is 0.0395. The molecule has 0 aromatic carbocycles. The van der Waals surface area contributed by atoms with E-state index in [4.69, 9.17) is 9.47 Å². The number of aliphatic hydroxyl groups is 2. The van der Waals surface area contributed by atoms with Crippen LogP contribution in [0.4, 0.5) is 0 Å². The summed E-state index contributed by atoms with van der Waals surface area (Å²) in [6.45, 7) is 5.61. The molecule has 0 aromatic rings. The van der Waals surface area contributed by atoms with Crippen LogP contribution in [0.3, 0.4) is 0 Å². The molecule has 7 heteroatoms. The van der Waals surface area contributed by atoms with Gasteiger partial charge in [-0.2, -0.15) is 0 Å². The summed E-state index contributed by atoms with van der Waals surface area (Å²) < 4.78 is 11.3. The van der Waals surface area contributed by atoms with Gasteiger partial charge in [0.05, 0.1) is 6.61 Å². The largest absolute Gasteiger partial charge is 0.462 e. The highest BCUT2D eigenvalue weighted by molar-refractivity contribution is 6.15. The second-order valence-corrected chi connectivity index (χ2v) is 10.2. The highest BCUT2D eigenvalue weighted by Gasteiger charge is 3.05. The molecule has 8 bridgehead atoms. The predicted octanol–water partition coefficient (Wildman–Crippen LogP) is 0.171. The van der Waals surface area contributed by atoms with Gasteiger partial charge in [0, 0.05) is 41.1 Å². The fourth-order valence-corrected chi connectivity index (χ4v) is 9.93. The molecule has 2 N–H and O–H groups in total. The monoisotopic (exact) mass is 388 g/mol. The van der Waals surface area contributed by atoms with Crippen LogP contribution in [0.1, 0.15) is 33.6 Å². The maximum absolute atomic E-state index is 13.8. The summed E-state index contributed by atoms with van der Waals surface area (Å²) in [7, 11) is 1.54. The van der Waals surface area contributed by atoms with Crippen LogP contribution in [-0.4, -0.2) is 58.8 Å². The third-order valence-electron chi connectivity index (χ3n) is 10.4. The Hall–Kier alpha value is -1.57. The van der Waals surface area contributed by atoms with Gasteiger partial charge in [-0.15, -0.1) is 0 Å². The Balaban J connectivity index is 1.82. The zero-order chi connectivity index (χ0) is 20.3. The van der Waals surface area contributed by atoms with Crippen LogP contribution in [0.5, 0.6) is 0 Å². The number of hydrogen-bond acceptors (Lipinski definition) is 7. The molecular formula is C21H24O7. The van der Waals surface area contributed by atoms with E-state index in [1.807, 2.05) is 6.92 Å².